The average molecular weight is 200 g/mol. The van der Waals surface area contributed by atoms with E-state index in [0.29, 0.717) is 0 Å². The van der Waals surface area contributed by atoms with Crippen LogP contribution < -0.4 is 0 Å². The highest BCUT2D eigenvalue weighted by molar-refractivity contribution is 5.55. The lowest BCUT2D eigenvalue weighted by atomic mass is 10.2. The van der Waals surface area contributed by atoms with Crippen LogP contribution in [0.3, 0.4) is 0 Å². The van der Waals surface area contributed by atoms with Crippen molar-refractivity contribution in [2.75, 3.05) is 0 Å². The maximum atomic E-state index is 3.28. The fourth-order valence-electron chi connectivity index (χ4n) is 2.61. The van der Waals surface area contributed by atoms with Crippen LogP contribution in [0.1, 0.15) is 31.7 Å². The summed E-state index contributed by atoms with van der Waals surface area (Å²) in [6.45, 7) is 0. The van der Waals surface area contributed by atoms with Crippen molar-refractivity contribution in [2.45, 2.75) is 31.7 Å². The van der Waals surface area contributed by atoms with Gasteiger partial charge in [-0.15, -0.1) is 0 Å². The topological polar surface area (TPSA) is 20.7 Å². The van der Waals surface area contributed by atoms with Crippen LogP contribution in [0.2, 0.25) is 0 Å². The Labute approximate surface area is 89.9 Å². The van der Waals surface area contributed by atoms with E-state index in [4.69, 9.17) is 0 Å². The van der Waals surface area contributed by atoms with Gasteiger partial charge in [-0.05, 0) is 37.1 Å². The van der Waals surface area contributed by atoms with Crippen LogP contribution in [-0.2, 0) is 0 Å². The minimum atomic E-state index is 0.721. The van der Waals surface area contributed by atoms with Crippen LogP contribution >= 0.6 is 0 Å². The third-order valence-corrected chi connectivity index (χ3v) is 3.37. The smallest absolute Gasteiger partial charge is 0.0648 e. The number of H-pyrrole nitrogens is 1. The van der Waals surface area contributed by atoms with Crippen LogP contribution in [0, 0.1) is 0 Å². The van der Waals surface area contributed by atoms with Crippen LogP contribution in [-0.4, -0.2) is 9.55 Å². The van der Waals surface area contributed by atoms with Gasteiger partial charge in [0.25, 0.3) is 0 Å². The molecule has 1 aliphatic rings. The molecule has 3 rings (SSSR count). The highest BCUT2D eigenvalue weighted by Crippen LogP contribution is 2.33. The van der Waals surface area contributed by atoms with Crippen molar-refractivity contribution in [3.63, 3.8) is 0 Å². The lowest BCUT2D eigenvalue weighted by molar-refractivity contribution is 0.525. The normalized spacial score (nSPS) is 17.3. The number of nitrogens with one attached hydrogen (secondary N) is 1. The molecular weight excluding hydrogens is 184 g/mol. The molecule has 0 saturated heterocycles. The summed E-state index contributed by atoms with van der Waals surface area (Å²) in [7, 11) is 0. The fraction of sp³-hybridized carbons (Fsp3) is 0.385. The lowest BCUT2D eigenvalue weighted by Gasteiger charge is -2.15. The Morgan fingerprint density at radius 2 is 2.00 bits per heavy atom. The Morgan fingerprint density at radius 3 is 2.73 bits per heavy atom. The van der Waals surface area contributed by atoms with E-state index in [1.807, 2.05) is 6.20 Å². The molecule has 15 heavy (non-hydrogen) atoms. The van der Waals surface area contributed by atoms with E-state index in [-0.39, 0.29) is 0 Å². The standard InChI is InChI=1S/C13H16N2/c1-2-6-11(5-1)15-10-4-8-13(15)12-7-3-9-14-12/h3-4,7-11,14H,1-2,5-6H2. The fourth-order valence-corrected chi connectivity index (χ4v) is 2.61. The highest BCUT2D eigenvalue weighted by Gasteiger charge is 2.18. The second-order valence-corrected chi connectivity index (χ2v) is 4.32. The quantitative estimate of drug-likeness (QED) is 0.764. The highest BCUT2D eigenvalue weighted by atomic mass is 15.0. The Morgan fingerprint density at radius 1 is 1.13 bits per heavy atom. The van der Waals surface area contributed by atoms with E-state index in [0.717, 1.165) is 6.04 Å². The molecule has 0 radical (unpaired) electrons. The van der Waals surface area contributed by atoms with Gasteiger partial charge >= 0.3 is 0 Å². The second-order valence-electron chi connectivity index (χ2n) is 4.32. The molecule has 0 atom stereocenters. The van der Waals surface area contributed by atoms with Gasteiger partial charge in [-0.25, -0.2) is 0 Å². The molecule has 2 aromatic heterocycles. The SMILES string of the molecule is c1c[nH]c(-c2cccn2C2CCCC2)c1. The van der Waals surface area contributed by atoms with Gasteiger partial charge in [0, 0.05) is 18.4 Å². The van der Waals surface area contributed by atoms with E-state index in [2.05, 4.69) is 40.0 Å². The van der Waals surface area contributed by atoms with Gasteiger partial charge in [0.2, 0.25) is 0 Å². The molecule has 0 unspecified atom stereocenters. The summed E-state index contributed by atoms with van der Waals surface area (Å²) in [6.07, 6.45) is 9.64. The third kappa shape index (κ3) is 1.50. The summed E-state index contributed by atoms with van der Waals surface area (Å²) in [5, 5.41) is 0. The first kappa shape index (κ1) is 8.84. The zero-order valence-electron chi connectivity index (χ0n) is 8.82. The number of aromatic amines is 1. The summed E-state index contributed by atoms with van der Waals surface area (Å²) in [5.41, 5.74) is 2.55. The van der Waals surface area contributed by atoms with Crippen molar-refractivity contribution in [1.82, 2.24) is 9.55 Å². The molecule has 0 amide bonds. The molecule has 2 nitrogen and oxygen atoms in total. The summed E-state index contributed by atoms with van der Waals surface area (Å²) in [6, 6.07) is 9.26. The summed E-state index contributed by atoms with van der Waals surface area (Å²) in [4.78, 5) is 3.28. The molecule has 1 aliphatic carbocycles. The molecule has 2 heterocycles. The minimum absolute atomic E-state index is 0.721. The van der Waals surface area contributed by atoms with E-state index >= 15 is 0 Å². The van der Waals surface area contributed by atoms with Crippen molar-refractivity contribution in [3.05, 3.63) is 36.7 Å². The molecule has 1 saturated carbocycles. The molecule has 0 aromatic carbocycles. The Hall–Kier alpha value is -1.44. The number of rotatable bonds is 2. The predicted octanol–water partition coefficient (Wildman–Crippen LogP) is 3.60. The van der Waals surface area contributed by atoms with Crippen molar-refractivity contribution >= 4 is 0 Å². The number of hydrogen-bond donors (Lipinski definition) is 1. The van der Waals surface area contributed by atoms with Crippen molar-refractivity contribution < 1.29 is 0 Å². The predicted molar refractivity (Wildman–Crippen MR) is 61.7 cm³/mol. The molecule has 78 valence electrons. The van der Waals surface area contributed by atoms with Crippen molar-refractivity contribution in [2.24, 2.45) is 0 Å². The van der Waals surface area contributed by atoms with Crippen LogP contribution in [0.4, 0.5) is 0 Å². The van der Waals surface area contributed by atoms with Gasteiger partial charge in [0.05, 0.1) is 11.4 Å². The third-order valence-electron chi connectivity index (χ3n) is 3.37. The van der Waals surface area contributed by atoms with Crippen molar-refractivity contribution in [3.8, 4) is 11.4 Å². The van der Waals surface area contributed by atoms with Gasteiger partial charge in [-0.2, -0.15) is 0 Å². The average Bonchev–Trinajstić information content (AvgIpc) is 3.01. The monoisotopic (exact) mass is 200 g/mol. The molecule has 0 spiro atoms. The van der Waals surface area contributed by atoms with E-state index in [1.54, 1.807) is 0 Å². The van der Waals surface area contributed by atoms with Gasteiger partial charge in [0.1, 0.15) is 0 Å². The van der Waals surface area contributed by atoms with E-state index < -0.39 is 0 Å². The van der Waals surface area contributed by atoms with Crippen LogP contribution in [0.15, 0.2) is 36.7 Å². The summed E-state index contributed by atoms with van der Waals surface area (Å²) in [5.74, 6) is 0. The van der Waals surface area contributed by atoms with Gasteiger partial charge < -0.3 is 9.55 Å². The van der Waals surface area contributed by atoms with E-state index in [1.165, 1.54) is 37.1 Å². The van der Waals surface area contributed by atoms with Crippen molar-refractivity contribution in [1.29, 1.82) is 0 Å². The Balaban J connectivity index is 1.98. The number of aromatic nitrogens is 2. The number of hydrogen-bond acceptors (Lipinski definition) is 0. The molecule has 2 heteroatoms. The minimum Gasteiger partial charge on any atom is -0.360 e. The Kier molecular flexibility index (Phi) is 2.13. The molecule has 1 fully saturated rings. The maximum absolute atomic E-state index is 3.28. The second kappa shape index (κ2) is 3.61. The van der Waals surface area contributed by atoms with Gasteiger partial charge in [0.15, 0.2) is 0 Å². The van der Waals surface area contributed by atoms with E-state index in [9.17, 15) is 0 Å². The molecule has 0 aliphatic heterocycles. The van der Waals surface area contributed by atoms with Crippen LogP contribution in [0.5, 0.6) is 0 Å². The first-order valence-corrected chi connectivity index (χ1v) is 5.76. The summed E-state index contributed by atoms with van der Waals surface area (Å²) >= 11 is 0. The molecular formula is C13H16N2. The van der Waals surface area contributed by atoms with Crippen LogP contribution in [0.25, 0.3) is 11.4 Å². The molecule has 2 aromatic rings. The molecule has 0 bridgehead atoms. The van der Waals surface area contributed by atoms with Gasteiger partial charge in [-0.1, -0.05) is 12.8 Å². The first-order chi connectivity index (χ1) is 7.45. The largest absolute Gasteiger partial charge is 0.360 e. The molecule has 1 N–H and O–H groups in total. The number of nitrogens with zero attached hydrogens (tertiary/aromatic N) is 1. The Bertz CT molecular complexity index is 419. The zero-order valence-corrected chi connectivity index (χ0v) is 8.82. The maximum Gasteiger partial charge on any atom is 0.0648 e. The zero-order chi connectivity index (χ0) is 10.1. The lowest BCUT2D eigenvalue weighted by Crippen LogP contribution is -2.04. The van der Waals surface area contributed by atoms with Gasteiger partial charge in [-0.3, -0.25) is 0 Å². The first-order valence-electron chi connectivity index (χ1n) is 5.76. The summed E-state index contributed by atoms with van der Waals surface area (Å²) < 4.78 is 2.43.